The van der Waals surface area contributed by atoms with E-state index in [4.69, 9.17) is 13.1 Å². The summed E-state index contributed by atoms with van der Waals surface area (Å²) in [6.07, 6.45) is 7.26. The fourth-order valence-electron chi connectivity index (χ4n) is 11.8. The van der Waals surface area contributed by atoms with E-state index in [1.54, 1.807) is 12.4 Å². The van der Waals surface area contributed by atoms with Crippen molar-refractivity contribution in [1.82, 2.24) is 23.7 Å². The third-order valence-corrected chi connectivity index (χ3v) is 15.5. The zero-order valence-corrected chi connectivity index (χ0v) is 44.4. The molecule has 0 bridgehead atoms. The van der Waals surface area contributed by atoms with Gasteiger partial charge in [-0.2, -0.15) is 10.5 Å². The van der Waals surface area contributed by atoms with Gasteiger partial charge in [-0.05, 0) is 172 Å². The zero-order chi connectivity index (χ0) is 56.0. The largest absolute Gasteiger partial charge is 0.309 e. The van der Waals surface area contributed by atoms with Crippen molar-refractivity contribution in [3.8, 4) is 73.7 Å². The summed E-state index contributed by atoms with van der Waals surface area (Å²) < 4.78 is 6.68. The van der Waals surface area contributed by atoms with E-state index in [2.05, 4.69) is 173 Å². The molecule has 10 aromatic carbocycles. The maximum absolute atomic E-state index is 10.1. The fourth-order valence-corrected chi connectivity index (χ4v) is 11.8. The van der Waals surface area contributed by atoms with Gasteiger partial charge in [-0.3, -0.25) is 9.97 Å². The smallest absolute Gasteiger partial charge is 0.188 e. The zero-order valence-electron chi connectivity index (χ0n) is 44.4. The molecule has 15 rings (SSSR count). The molecule has 0 atom stereocenters. The molecule has 384 valence electrons. The van der Waals surface area contributed by atoms with Crippen molar-refractivity contribution < 1.29 is 0 Å². The Kier molecular flexibility index (Phi) is 12.2. The number of rotatable bonds is 7. The van der Waals surface area contributed by atoms with E-state index in [0.717, 1.165) is 116 Å². The van der Waals surface area contributed by atoms with Crippen LogP contribution in [-0.2, 0) is 0 Å². The molecule has 0 radical (unpaired) electrons. The Bertz CT molecular complexity index is 5160. The molecule has 0 amide bonds. The van der Waals surface area contributed by atoms with Crippen molar-refractivity contribution in [2.24, 2.45) is 0 Å². The van der Waals surface area contributed by atoms with Crippen LogP contribution < -0.4 is 0 Å². The molecule has 9 nitrogen and oxygen atoms in total. The molecule has 0 N–H and O–H groups in total. The van der Waals surface area contributed by atoms with Gasteiger partial charge in [0, 0.05) is 74.5 Å². The lowest BCUT2D eigenvalue weighted by Crippen LogP contribution is -1.97. The molecule has 0 aliphatic rings. The molecule has 0 unspecified atom stereocenters. The van der Waals surface area contributed by atoms with Crippen LogP contribution in [0.4, 0.5) is 11.4 Å². The van der Waals surface area contributed by atoms with Gasteiger partial charge in [0.25, 0.3) is 0 Å². The number of nitriles is 2. The average molecular weight is 1060 g/mol. The van der Waals surface area contributed by atoms with Gasteiger partial charge in [0.1, 0.15) is 0 Å². The van der Waals surface area contributed by atoms with E-state index in [-0.39, 0.29) is 0 Å². The molecule has 5 aromatic heterocycles. The highest BCUT2D eigenvalue weighted by molar-refractivity contribution is 6.12. The lowest BCUT2D eigenvalue weighted by molar-refractivity contribution is 1.17. The lowest BCUT2D eigenvalue weighted by atomic mass is 9.93. The molecule has 9 heteroatoms. The van der Waals surface area contributed by atoms with E-state index < -0.39 is 0 Å². The standard InChI is InChI=1S/C38H22N4.C36H21N5/c1-40-28-17-18-38-34(23-28)33-13-4-7-16-37(33)42(38)30-20-25(24-39)19-27(22-30)26-9-8-10-29(21-26)41-35-14-5-2-11-31(35)32-12-3-6-15-36(32)41;1-38-31-10-11-36-34(20-31)33-8-2-3-9-35(33)41(36)32-15-24(21-37)14-27(19-32)30-17-28(25-6-4-12-39-22-25)16-29(18-30)26-7-5-13-40-23-26/h2-23H;2-20,22-23H. The fraction of sp³-hybridized carbons (Fsp3) is 0. The first kappa shape index (κ1) is 49.2. The van der Waals surface area contributed by atoms with Crippen molar-refractivity contribution in [2.75, 3.05) is 0 Å². The summed E-state index contributed by atoms with van der Waals surface area (Å²) in [5, 5.41) is 26.8. The van der Waals surface area contributed by atoms with Crippen LogP contribution in [0, 0.1) is 35.8 Å². The number of para-hydroxylation sites is 4. The molecule has 15 aromatic rings. The Labute approximate surface area is 477 Å². The monoisotopic (exact) mass is 1060 g/mol. The lowest BCUT2D eigenvalue weighted by Gasteiger charge is -2.14. The molecule has 0 fully saturated rings. The summed E-state index contributed by atoms with van der Waals surface area (Å²) >= 11 is 0. The molecular formula is C74H43N9. The van der Waals surface area contributed by atoms with E-state index in [9.17, 15) is 10.5 Å². The van der Waals surface area contributed by atoms with Crippen molar-refractivity contribution in [2.45, 2.75) is 0 Å². The Hall–Kier alpha value is -12.1. The highest BCUT2D eigenvalue weighted by Gasteiger charge is 2.19. The predicted octanol–water partition coefficient (Wildman–Crippen LogP) is 19.0. The molecule has 83 heavy (non-hydrogen) atoms. The number of fused-ring (bicyclic) bond motifs is 9. The first-order valence-electron chi connectivity index (χ1n) is 26.9. The van der Waals surface area contributed by atoms with Crippen LogP contribution in [0.2, 0.25) is 0 Å². The first-order chi connectivity index (χ1) is 40.9. The molecule has 5 heterocycles. The van der Waals surface area contributed by atoms with Gasteiger partial charge in [-0.1, -0.05) is 109 Å². The summed E-state index contributed by atoms with van der Waals surface area (Å²) in [6, 6.07) is 84.7. The summed E-state index contributed by atoms with van der Waals surface area (Å²) in [5.74, 6) is 0. The van der Waals surface area contributed by atoms with Crippen LogP contribution in [0.5, 0.6) is 0 Å². The minimum Gasteiger partial charge on any atom is -0.309 e. The highest BCUT2D eigenvalue weighted by Crippen LogP contribution is 2.40. The second-order valence-corrected chi connectivity index (χ2v) is 20.3. The number of hydrogen-bond acceptors (Lipinski definition) is 4. The Morgan fingerprint density at radius 1 is 0.301 bits per heavy atom. The summed E-state index contributed by atoms with van der Waals surface area (Å²) in [6.45, 7) is 15.0. The van der Waals surface area contributed by atoms with Crippen molar-refractivity contribution in [1.29, 1.82) is 10.5 Å². The van der Waals surface area contributed by atoms with Gasteiger partial charge in [-0.25, -0.2) is 9.69 Å². The first-order valence-corrected chi connectivity index (χ1v) is 26.9. The van der Waals surface area contributed by atoms with Crippen LogP contribution in [0.15, 0.2) is 261 Å². The van der Waals surface area contributed by atoms with Gasteiger partial charge >= 0.3 is 0 Å². The summed E-state index contributed by atoms with van der Waals surface area (Å²) in [4.78, 5) is 16.0. The van der Waals surface area contributed by atoms with Gasteiger partial charge < -0.3 is 13.7 Å². The van der Waals surface area contributed by atoms with E-state index in [0.29, 0.717) is 22.5 Å². The van der Waals surface area contributed by atoms with E-state index in [1.807, 2.05) is 122 Å². The second kappa shape index (κ2) is 20.6. The highest BCUT2D eigenvalue weighted by atomic mass is 15.0. The maximum atomic E-state index is 10.1. The van der Waals surface area contributed by atoms with Gasteiger partial charge in [0.15, 0.2) is 11.4 Å². The Balaban J connectivity index is 0.000000148. The van der Waals surface area contributed by atoms with Gasteiger partial charge in [-0.15, -0.1) is 0 Å². The second-order valence-electron chi connectivity index (χ2n) is 20.3. The topological polar surface area (TPSA) is 96.9 Å². The Morgan fingerprint density at radius 3 is 1.08 bits per heavy atom. The SMILES string of the molecule is [C-]#[N+]c1ccc2c(c1)c1ccccc1n2-c1cc(C#N)cc(-c2cc(-c3cccnc3)cc(-c3cccnc3)c2)c1.[C-]#[N+]c1ccc2c(c1)c1ccccc1n2-c1cc(C#N)cc(-c2cccc(-n3c4ccccc4c4ccccc43)c2)c1. The van der Waals surface area contributed by atoms with Crippen molar-refractivity contribution in [3.63, 3.8) is 0 Å². The van der Waals surface area contributed by atoms with Crippen molar-refractivity contribution in [3.05, 3.63) is 295 Å². The van der Waals surface area contributed by atoms with Crippen molar-refractivity contribution >= 4 is 76.8 Å². The van der Waals surface area contributed by atoms with E-state index in [1.165, 1.54) is 10.8 Å². The normalized spacial score (nSPS) is 11.1. The maximum Gasteiger partial charge on any atom is 0.188 e. The predicted molar refractivity (Wildman–Crippen MR) is 335 cm³/mol. The van der Waals surface area contributed by atoms with Crippen LogP contribution in [-0.4, -0.2) is 23.7 Å². The quantitative estimate of drug-likeness (QED) is 0.149. The third-order valence-electron chi connectivity index (χ3n) is 15.5. The molecular weight excluding hydrogens is 1010 g/mol. The number of benzene rings is 10. The number of aromatic nitrogens is 5. The number of hydrogen-bond donors (Lipinski definition) is 0. The summed E-state index contributed by atoms with van der Waals surface area (Å²) in [7, 11) is 0. The van der Waals surface area contributed by atoms with E-state index >= 15 is 0 Å². The van der Waals surface area contributed by atoms with Crippen LogP contribution in [0.1, 0.15) is 11.1 Å². The molecule has 0 saturated heterocycles. The molecule has 0 aliphatic heterocycles. The average Bonchev–Trinajstić information content (AvgIpc) is 4.19. The van der Waals surface area contributed by atoms with Gasteiger partial charge in [0.2, 0.25) is 0 Å². The molecule has 0 aliphatic carbocycles. The minimum atomic E-state index is 0.566. The van der Waals surface area contributed by atoms with Crippen LogP contribution >= 0.6 is 0 Å². The number of pyridine rings is 2. The third kappa shape index (κ3) is 8.74. The van der Waals surface area contributed by atoms with Crippen LogP contribution in [0.25, 0.3) is 137 Å². The Morgan fingerprint density at radius 2 is 0.663 bits per heavy atom. The summed E-state index contributed by atoms with van der Waals surface area (Å²) in [5.41, 5.74) is 19.6. The minimum absolute atomic E-state index is 0.566. The van der Waals surface area contributed by atoms with Gasteiger partial charge in [0.05, 0.1) is 69.5 Å². The molecule has 0 spiro atoms. The number of nitrogens with zero attached hydrogens (tertiary/aromatic N) is 9. The van der Waals surface area contributed by atoms with Crippen LogP contribution in [0.3, 0.4) is 0 Å². The molecule has 0 saturated carbocycles.